The second-order valence-corrected chi connectivity index (χ2v) is 14.7. The maximum Gasteiger partial charge on any atom is 0.335 e. The topological polar surface area (TPSA) is 185 Å². The molecule has 1 saturated heterocycles. The summed E-state index contributed by atoms with van der Waals surface area (Å²) in [7, 11) is 1.41. The van der Waals surface area contributed by atoms with Gasteiger partial charge in [-0.25, -0.2) is 4.79 Å². The van der Waals surface area contributed by atoms with E-state index in [0.29, 0.717) is 31.2 Å². The number of rotatable bonds is 5. The van der Waals surface area contributed by atoms with Crippen LogP contribution < -0.4 is 5.63 Å². The quantitative estimate of drug-likeness (QED) is 0.231. The molecule has 0 amide bonds. The predicted octanol–water partition coefficient (Wildman–Crippen LogP) is 1.38. The van der Waals surface area contributed by atoms with E-state index in [4.69, 9.17) is 23.4 Å². The van der Waals surface area contributed by atoms with E-state index in [9.17, 15) is 35.1 Å². The Bertz CT molecular complexity index is 1310. The van der Waals surface area contributed by atoms with Crippen molar-refractivity contribution in [3.8, 4) is 0 Å². The predicted molar refractivity (Wildman–Crippen MR) is 157 cm³/mol. The average molecular weight is 637 g/mol. The average Bonchev–Trinajstić information content (AvgIpc) is 3.27. The molecule has 5 N–H and O–H groups in total. The second kappa shape index (κ2) is 11.4. The fourth-order valence-corrected chi connectivity index (χ4v) is 10.4. The van der Waals surface area contributed by atoms with Gasteiger partial charge in [0.2, 0.25) is 0 Å². The highest BCUT2D eigenvalue weighted by atomic mass is 16.7. The van der Waals surface area contributed by atoms with E-state index in [0.717, 1.165) is 0 Å². The Morgan fingerprint density at radius 3 is 2.42 bits per heavy atom. The molecule has 15 atom stereocenters. The number of esters is 1. The summed E-state index contributed by atoms with van der Waals surface area (Å²) in [4.78, 5) is 24.1. The Morgan fingerprint density at radius 2 is 1.78 bits per heavy atom. The molecule has 0 radical (unpaired) electrons. The summed E-state index contributed by atoms with van der Waals surface area (Å²) in [5, 5.41) is 58.7. The van der Waals surface area contributed by atoms with Crippen molar-refractivity contribution >= 4 is 5.97 Å². The first-order valence-corrected chi connectivity index (χ1v) is 16.2. The van der Waals surface area contributed by atoms with E-state index >= 15 is 0 Å². The number of carbonyl (C=O) groups excluding carboxylic acids is 1. The molecule has 1 aliphatic heterocycles. The minimum Gasteiger partial charge on any atom is -0.462 e. The summed E-state index contributed by atoms with van der Waals surface area (Å²) in [5.74, 6) is -1.69. The molecule has 12 nitrogen and oxygen atoms in total. The molecule has 0 spiro atoms. The number of hydrogen-bond acceptors (Lipinski definition) is 12. The van der Waals surface area contributed by atoms with Crippen LogP contribution in [0.5, 0.6) is 0 Å². The normalized spacial score (nSPS) is 51.1. The van der Waals surface area contributed by atoms with Crippen molar-refractivity contribution in [3.05, 3.63) is 34.4 Å². The number of hydrogen-bond donors (Lipinski definition) is 5. The maximum atomic E-state index is 12.8. The minimum atomic E-state index is -1.73. The maximum absolute atomic E-state index is 12.8. The van der Waals surface area contributed by atoms with Crippen LogP contribution in [0.2, 0.25) is 0 Å². The van der Waals surface area contributed by atoms with Crippen LogP contribution >= 0.6 is 0 Å². The molecule has 12 heteroatoms. The molecule has 0 bridgehead atoms. The van der Waals surface area contributed by atoms with Gasteiger partial charge in [0.05, 0.1) is 24.6 Å². The molecule has 252 valence electrons. The van der Waals surface area contributed by atoms with Crippen molar-refractivity contribution in [2.45, 2.75) is 139 Å². The summed E-state index contributed by atoms with van der Waals surface area (Å²) in [6.07, 6.45) is -3.16. The molecule has 4 saturated carbocycles. The SMILES string of the molecule is CO[C@H]1[C@H](O)[C@@H](OC2CC[C@@]3(C)C(C2)C(OC(C)=O)C[C@]2(O)[C@@H]3CC(O)[C@]3(C)[C@@H](c4ccc(=O)oc4)CC[C@]23O)O[C@@H](C)[C@@H]1O. The number of carbonyl (C=O) groups is 1. The molecule has 45 heavy (non-hydrogen) atoms. The van der Waals surface area contributed by atoms with Gasteiger partial charge >= 0.3 is 11.6 Å². The van der Waals surface area contributed by atoms with Crippen LogP contribution in [0.3, 0.4) is 0 Å². The van der Waals surface area contributed by atoms with Crippen LogP contribution in [-0.4, -0.2) is 98.8 Å². The molecule has 6 rings (SSSR count). The smallest absolute Gasteiger partial charge is 0.335 e. The van der Waals surface area contributed by atoms with E-state index < -0.39 is 88.6 Å². The van der Waals surface area contributed by atoms with Gasteiger partial charge in [-0.05, 0) is 74.3 Å². The highest BCUT2D eigenvalue weighted by molar-refractivity contribution is 5.66. The van der Waals surface area contributed by atoms with Gasteiger partial charge in [-0.2, -0.15) is 0 Å². The van der Waals surface area contributed by atoms with Gasteiger partial charge in [-0.3, -0.25) is 4.79 Å². The molecule has 1 aromatic rings. The van der Waals surface area contributed by atoms with Crippen LogP contribution in [-0.2, 0) is 23.7 Å². The van der Waals surface area contributed by atoms with Gasteiger partial charge in [-0.1, -0.05) is 13.8 Å². The molecular formula is C33H48O12. The van der Waals surface area contributed by atoms with Gasteiger partial charge in [0, 0.05) is 37.9 Å². The summed E-state index contributed by atoms with van der Waals surface area (Å²) < 4.78 is 28.5. The van der Waals surface area contributed by atoms with E-state index in [1.165, 1.54) is 26.4 Å². The molecule has 5 fully saturated rings. The van der Waals surface area contributed by atoms with E-state index in [1.54, 1.807) is 19.9 Å². The van der Waals surface area contributed by atoms with Gasteiger partial charge in [0.15, 0.2) is 6.29 Å². The third-order valence-corrected chi connectivity index (χ3v) is 12.8. The lowest BCUT2D eigenvalue weighted by Crippen LogP contribution is -2.77. The monoisotopic (exact) mass is 636 g/mol. The first-order chi connectivity index (χ1) is 21.1. The zero-order chi connectivity index (χ0) is 32.7. The zero-order valence-corrected chi connectivity index (χ0v) is 26.6. The lowest BCUT2D eigenvalue weighted by atomic mass is 9.40. The summed E-state index contributed by atoms with van der Waals surface area (Å²) in [6.45, 7) is 6.85. The van der Waals surface area contributed by atoms with Crippen molar-refractivity contribution in [3.63, 3.8) is 0 Å². The van der Waals surface area contributed by atoms with Gasteiger partial charge < -0.3 is 48.9 Å². The number of ether oxygens (including phenoxy) is 4. The first-order valence-electron chi connectivity index (χ1n) is 16.2. The highest BCUT2D eigenvalue weighted by Crippen LogP contribution is 2.72. The van der Waals surface area contributed by atoms with Crippen molar-refractivity contribution in [2.75, 3.05) is 7.11 Å². The Kier molecular flexibility index (Phi) is 8.34. The second-order valence-electron chi connectivity index (χ2n) is 14.7. The van der Waals surface area contributed by atoms with E-state index in [2.05, 4.69) is 0 Å². The van der Waals surface area contributed by atoms with E-state index in [-0.39, 0.29) is 31.1 Å². The van der Waals surface area contributed by atoms with Crippen LogP contribution in [0.15, 0.2) is 27.6 Å². The first kappa shape index (κ1) is 33.0. The van der Waals surface area contributed by atoms with Crippen molar-refractivity contribution < 1.29 is 53.7 Å². The molecule has 2 heterocycles. The third kappa shape index (κ3) is 4.77. The number of aliphatic hydroxyl groups is 5. The summed E-state index contributed by atoms with van der Waals surface area (Å²) in [5.41, 5.74) is -5.05. The largest absolute Gasteiger partial charge is 0.462 e. The van der Waals surface area contributed by atoms with Crippen molar-refractivity contribution in [1.82, 2.24) is 0 Å². The minimum absolute atomic E-state index is 0.0167. The van der Waals surface area contributed by atoms with Crippen molar-refractivity contribution in [1.29, 1.82) is 0 Å². The zero-order valence-electron chi connectivity index (χ0n) is 26.6. The Labute approximate surface area is 262 Å². The lowest BCUT2D eigenvalue weighted by molar-refractivity contribution is -0.339. The molecule has 4 unspecified atom stereocenters. The highest BCUT2D eigenvalue weighted by Gasteiger charge is 2.78. The van der Waals surface area contributed by atoms with Crippen LogP contribution in [0.4, 0.5) is 0 Å². The lowest BCUT2D eigenvalue weighted by Gasteiger charge is -2.69. The molecular weight excluding hydrogens is 588 g/mol. The van der Waals surface area contributed by atoms with Crippen molar-refractivity contribution in [2.24, 2.45) is 22.7 Å². The van der Waals surface area contributed by atoms with Gasteiger partial charge in [0.25, 0.3) is 0 Å². The van der Waals surface area contributed by atoms with Gasteiger partial charge in [-0.15, -0.1) is 0 Å². The fourth-order valence-electron chi connectivity index (χ4n) is 10.4. The molecule has 0 aromatic carbocycles. The van der Waals surface area contributed by atoms with Crippen LogP contribution in [0.1, 0.15) is 84.1 Å². The number of fused-ring (bicyclic) bond motifs is 5. The Balaban J connectivity index is 1.31. The van der Waals surface area contributed by atoms with Gasteiger partial charge in [0.1, 0.15) is 35.6 Å². The summed E-state index contributed by atoms with van der Waals surface area (Å²) >= 11 is 0. The van der Waals surface area contributed by atoms with Crippen LogP contribution in [0, 0.1) is 22.7 Å². The van der Waals surface area contributed by atoms with Crippen LogP contribution in [0.25, 0.3) is 0 Å². The van der Waals surface area contributed by atoms with E-state index in [1.807, 2.05) is 6.92 Å². The third-order valence-electron chi connectivity index (χ3n) is 12.8. The Morgan fingerprint density at radius 1 is 1.04 bits per heavy atom. The number of methoxy groups -OCH3 is 1. The Hall–Kier alpha value is -1.90. The molecule has 4 aliphatic carbocycles. The molecule has 5 aliphatic rings. The standard InChI is InChI=1S/C33H48O12/c1-16-26(37)28(41-5)27(38)29(43-16)45-19-8-10-30(3)21(12-19)22(44-17(2)34)14-32(39)23(30)13-24(35)31(4)20(9-11-33(31,32)40)18-6-7-25(36)42-15-18/h6-7,15-16,19-24,26-29,35,37-40H,8-14H2,1-5H3/t16-,19?,20+,21?,22?,23+,24?,26-,27-,28+,29+,30-,31-,32-,33+/m0/s1. The molecule has 1 aromatic heterocycles. The summed E-state index contributed by atoms with van der Waals surface area (Å²) in [6, 6.07) is 2.97. The fraction of sp³-hybridized carbons (Fsp3) is 0.818. The number of aliphatic hydroxyl groups excluding tert-OH is 3.